The lowest BCUT2D eigenvalue weighted by Crippen LogP contribution is -2.46. The first-order chi connectivity index (χ1) is 13.4. The molecule has 3 rings (SSSR count). The van der Waals surface area contributed by atoms with Crippen molar-refractivity contribution in [1.82, 2.24) is 9.62 Å². The van der Waals surface area contributed by atoms with Crippen LogP contribution in [-0.2, 0) is 14.8 Å². The maximum atomic E-state index is 13.0. The van der Waals surface area contributed by atoms with E-state index in [0.717, 1.165) is 17.5 Å². The number of nitrogens with zero attached hydrogens (tertiary/aromatic N) is 1. The highest BCUT2D eigenvalue weighted by atomic mass is 32.2. The molecule has 0 saturated carbocycles. The van der Waals surface area contributed by atoms with Crippen LogP contribution in [0.5, 0.6) is 0 Å². The van der Waals surface area contributed by atoms with Crippen molar-refractivity contribution in [3.63, 3.8) is 0 Å². The molecule has 1 fully saturated rings. The number of rotatable bonds is 6. The van der Waals surface area contributed by atoms with Crippen molar-refractivity contribution >= 4 is 15.9 Å². The highest BCUT2D eigenvalue weighted by molar-refractivity contribution is 7.89. The number of piperidine rings is 1. The molecule has 150 valence electrons. The Kier molecular flexibility index (Phi) is 6.52. The first kappa shape index (κ1) is 20.6. The third-order valence-electron chi connectivity index (χ3n) is 5.34. The smallest absolute Gasteiger partial charge is 0.243 e. The number of amides is 1. The van der Waals surface area contributed by atoms with E-state index in [1.807, 2.05) is 44.2 Å². The van der Waals surface area contributed by atoms with Gasteiger partial charge in [-0.05, 0) is 43.9 Å². The Labute approximate surface area is 167 Å². The molecule has 1 aliphatic heterocycles. The lowest BCUT2D eigenvalue weighted by molar-refractivity contribution is -0.126. The SMILES string of the molecule is CC[C@@H](NC(=O)[C@H]1CCCN(S(=O)(=O)c2ccc(C)cc2)C1)c1ccccc1. The molecule has 0 aromatic heterocycles. The Morgan fingerprint density at radius 1 is 1.14 bits per heavy atom. The maximum absolute atomic E-state index is 13.0. The van der Waals surface area contributed by atoms with E-state index in [0.29, 0.717) is 19.4 Å². The average Bonchev–Trinajstić information content (AvgIpc) is 2.73. The molecule has 2 aromatic rings. The number of carbonyl (C=O) groups is 1. The molecule has 0 bridgehead atoms. The van der Waals surface area contributed by atoms with Crippen LogP contribution in [0.3, 0.4) is 0 Å². The van der Waals surface area contributed by atoms with Crippen LogP contribution in [0.15, 0.2) is 59.5 Å². The summed E-state index contributed by atoms with van der Waals surface area (Å²) in [4.78, 5) is 13.1. The van der Waals surface area contributed by atoms with E-state index in [2.05, 4.69) is 5.32 Å². The minimum Gasteiger partial charge on any atom is -0.349 e. The van der Waals surface area contributed by atoms with Crippen LogP contribution in [0.25, 0.3) is 0 Å². The molecular formula is C22H28N2O3S. The number of hydrogen-bond donors (Lipinski definition) is 1. The summed E-state index contributed by atoms with van der Waals surface area (Å²) in [6.45, 7) is 4.64. The van der Waals surface area contributed by atoms with Gasteiger partial charge >= 0.3 is 0 Å². The van der Waals surface area contributed by atoms with Gasteiger partial charge in [0.1, 0.15) is 0 Å². The van der Waals surface area contributed by atoms with Crippen LogP contribution in [0.2, 0.25) is 0 Å². The molecule has 1 heterocycles. The lowest BCUT2D eigenvalue weighted by atomic mass is 9.97. The van der Waals surface area contributed by atoms with Gasteiger partial charge in [0.15, 0.2) is 0 Å². The standard InChI is InChI=1S/C22H28N2O3S/c1-3-21(18-8-5-4-6-9-18)23-22(25)19-10-7-15-24(16-19)28(26,27)20-13-11-17(2)12-14-20/h4-6,8-9,11-14,19,21H,3,7,10,15-16H2,1-2H3,(H,23,25)/t19-,21+/m0/s1. The lowest BCUT2D eigenvalue weighted by Gasteiger charge is -2.32. The predicted octanol–water partition coefficient (Wildman–Crippen LogP) is 3.66. The Morgan fingerprint density at radius 2 is 1.82 bits per heavy atom. The minimum absolute atomic E-state index is 0.0576. The Morgan fingerprint density at radius 3 is 2.46 bits per heavy atom. The second kappa shape index (κ2) is 8.88. The number of benzene rings is 2. The van der Waals surface area contributed by atoms with Crippen molar-refractivity contribution < 1.29 is 13.2 Å². The molecule has 1 amide bonds. The van der Waals surface area contributed by atoms with E-state index in [1.54, 1.807) is 24.3 Å². The number of sulfonamides is 1. The molecule has 5 nitrogen and oxygen atoms in total. The molecule has 2 aromatic carbocycles. The second-order valence-corrected chi connectivity index (χ2v) is 9.33. The summed E-state index contributed by atoms with van der Waals surface area (Å²) in [6, 6.07) is 16.7. The van der Waals surface area contributed by atoms with Gasteiger partial charge in [-0.2, -0.15) is 4.31 Å². The normalized spacial score (nSPS) is 19.1. The van der Waals surface area contributed by atoms with Gasteiger partial charge in [0, 0.05) is 13.1 Å². The van der Waals surface area contributed by atoms with Crippen LogP contribution >= 0.6 is 0 Å². The first-order valence-corrected chi connectivity index (χ1v) is 11.3. The zero-order chi connectivity index (χ0) is 20.1. The number of carbonyl (C=O) groups excluding carboxylic acids is 1. The first-order valence-electron chi connectivity index (χ1n) is 9.84. The number of nitrogens with one attached hydrogen (secondary N) is 1. The van der Waals surface area contributed by atoms with E-state index in [1.165, 1.54) is 4.31 Å². The summed E-state index contributed by atoms with van der Waals surface area (Å²) in [6.07, 6.45) is 2.18. The third-order valence-corrected chi connectivity index (χ3v) is 7.22. The van der Waals surface area contributed by atoms with Crippen LogP contribution < -0.4 is 5.32 Å². The number of aryl methyl sites for hydroxylation is 1. The molecule has 1 aliphatic rings. The monoisotopic (exact) mass is 400 g/mol. The molecule has 1 saturated heterocycles. The molecule has 28 heavy (non-hydrogen) atoms. The molecule has 2 atom stereocenters. The van der Waals surface area contributed by atoms with Gasteiger partial charge in [-0.3, -0.25) is 4.79 Å². The molecule has 0 unspecified atom stereocenters. The van der Waals surface area contributed by atoms with Gasteiger partial charge in [0.05, 0.1) is 16.9 Å². The molecule has 6 heteroatoms. The highest BCUT2D eigenvalue weighted by Gasteiger charge is 2.33. The largest absolute Gasteiger partial charge is 0.349 e. The van der Waals surface area contributed by atoms with Crippen molar-refractivity contribution in [2.24, 2.45) is 5.92 Å². The Balaban J connectivity index is 1.70. The molecular weight excluding hydrogens is 372 g/mol. The van der Waals surface area contributed by atoms with E-state index in [4.69, 9.17) is 0 Å². The van der Waals surface area contributed by atoms with Crippen molar-refractivity contribution in [2.45, 2.75) is 44.0 Å². The highest BCUT2D eigenvalue weighted by Crippen LogP contribution is 2.25. The second-order valence-electron chi connectivity index (χ2n) is 7.40. The predicted molar refractivity (Wildman–Crippen MR) is 110 cm³/mol. The van der Waals surface area contributed by atoms with E-state index in [9.17, 15) is 13.2 Å². The van der Waals surface area contributed by atoms with E-state index >= 15 is 0 Å². The zero-order valence-corrected chi connectivity index (χ0v) is 17.3. The quantitative estimate of drug-likeness (QED) is 0.805. The fourth-order valence-electron chi connectivity index (χ4n) is 3.63. The summed E-state index contributed by atoms with van der Waals surface area (Å²) in [5.74, 6) is -0.397. The zero-order valence-electron chi connectivity index (χ0n) is 16.5. The Bertz CT molecular complexity index is 895. The van der Waals surface area contributed by atoms with Crippen LogP contribution in [-0.4, -0.2) is 31.7 Å². The van der Waals surface area contributed by atoms with Gasteiger partial charge in [-0.1, -0.05) is 55.0 Å². The van der Waals surface area contributed by atoms with Crippen molar-refractivity contribution in [1.29, 1.82) is 0 Å². The van der Waals surface area contributed by atoms with Gasteiger partial charge in [0.2, 0.25) is 15.9 Å². The summed E-state index contributed by atoms with van der Waals surface area (Å²) in [7, 11) is -3.58. The molecule has 0 radical (unpaired) electrons. The molecule has 0 spiro atoms. The summed E-state index contributed by atoms with van der Waals surface area (Å²) >= 11 is 0. The Hall–Kier alpha value is -2.18. The average molecular weight is 401 g/mol. The molecule has 1 N–H and O–H groups in total. The van der Waals surface area contributed by atoms with Crippen molar-refractivity contribution in [2.75, 3.05) is 13.1 Å². The fraction of sp³-hybridized carbons (Fsp3) is 0.409. The maximum Gasteiger partial charge on any atom is 0.243 e. The fourth-order valence-corrected chi connectivity index (χ4v) is 5.15. The van der Waals surface area contributed by atoms with E-state index < -0.39 is 10.0 Å². The van der Waals surface area contributed by atoms with E-state index in [-0.39, 0.29) is 29.3 Å². The topological polar surface area (TPSA) is 66.5 Å². The van der Waals surface area contributed by atoms with Crippen LogP contribution in [0, 0.1) is 12.8 Å². The van der Waals surface area contributed by atoms with Crippen molar-refractivity contribution in [3.8, 4) is 0 Å². The number of hydrogen-bond acceptors (Lipinski definition) is 3. The minimum atomic E-state index is -3.58. The summed E-state index contributed by atoms with van der Waals surface area (Å²) in [5, 5.41) is 3.11. The van der Waals surface area contributed by atoms with Crippen LogP contribution in [0.4, 0.5) is 0 Å². The third kappa shape index (κ3) is 4.62. The van der Waals surface area contributed by atoms with Gasteiger partial charge in [-0.25, -0.2) is 8.42 Å². The summed E-state index contributed by atoms with van der Waals surface area (Å²) < 4.78 is 27.4. The van der Waals surface area contributed by atoms with Gasteiger partial charge in [-0.15, -0.1) is 0 Å². The summed E-state index contributed by atoms with van der Waals surface area (Å²) in [5.41, 5.74) is 2.08. The van der Waals surface area contributed by atoms with Crippen LogP contribution in [0.1, 0.15) is 43.4 Å². The molecule has 0 aliphatic carbocycles. The van der Waals surface area contributed by atoms with Crippen molar-refractivity contribution in [3.05, 3.63) is 65.7 Å². The van der Waals surface area contributed by atoms with Gasteiger partial charge in [0.25, 0.3) is 0 Å². The van der Waals surface area contributed by atoms with Gasteiger partial charge < -0.3 is 5.32 Å².